The second kappa shape index (κ2) is 8.42. The van der Waals surface area contributed by atoms with Crippen LogP contribution in [0.4, 0.5) is 8.78 Å². The summed E-state index contributed by atoms with van der Waals surface area (Å²) in [6, 6.07) is 13.0. The molecular formula is C19H19F2N3OS. The van der Waals surface area contributed by atoms with Gasteiger partial charge in [0.05, 0.1) is 0 Å². The van der Waals surface area contributed by atoms with Crippen LogP contribution < -0.4 is 5.32 Å². The Morgan fingerprint density at radius 3 is 2.65 bits per heavy atom. The fourth-order valence-corrected chi connectivity index (χ4v) is 3.52. The molecule has 1 aromatic heterocycles. The number of rotatable bonds is 7. The molecule has 0 saturated heterocycles. The number of hydrogen-bond donors (Lipinski definition) is 1. The fourth-order valence-electron chi connectivity index (χ4n) is 2.42. The first kappa shape index (κ1) is 18.5. The van der Waals surface area contributed by atoms with Gasteiger partial charge < -0.3 is 9.84 Å². The molecule has 1 N–H and O–H groups in total. The van der Waals surface area contributed by atoms with Gasteiger partial charge in [-0.2, -0.15) is 4.98 Å². The molecule has 0 radical (unpaired) electrons. The third-order valence-electron chi connectivity index (χ3n) is 3.93. The summed E-state index contributed by atoms with van der Waals surface area (Å²) in [4.78, 5) is 4.66. The molecule has 0 spiro atoms. The van der Waals surface area contributed by atoms with E-state index < -0.39 is 16.9 Å². The Balaban J connectivity index is 1.93. The van der Waals surface area contributed by atoms with Crippen LogP contribution in [0.2, 0.25) is 0 Å². The standard InChI is InChI=1S/C19H19F2N3OS/c1-12(22-2)10-17-23-19(25-24-17)18(13-6-4-3-5-7-13)26-16-11-14(20)8-9-15(16)21/h3-9,11-12,18,22H,10H2,1-2H3. The van der Waals surface area contributed by atoms with Crippen LogP contribution in [-0.4, -0.2) is 23.2 Å². The Morgan fingerprint density at radius 2 is 1.92 bits per heavy atom. The van der Waals surface area contributed by atoms with E-state index >= 15 is 0 Å². The van der Waals surface area contributed by atoms with E-state index in [9.17, 15) is 8.78 Å². The van der Waals surface area contributed by atoms with Crippen LogP contribution in [0.5, 0.6) is 0 Å². The van der Waals surface area contributed by atoms with Gasteiger partial charge in [-0.1, -0.05) is 35.5 Å². The van der Waals surface area contributed by atoms with Crippen molar-refractivity contribution in [2.75, 3.05) is 7.05 Å². The number of hydrogen-bond acceptors (Lipinski definition) is 5. The van der Waals surface area contributed by atoms with Crippen molar-refractivity contribution in [2.24, 2.45) is 0 Å². The van der Waals surface area contributed by atoms with E-state index in [-0.39, 0.29) is 10.9 Å². The lowest BCUT2D eigenvalue weighted by atomic mass is 10.1. The Labute approximate surface area is 155 Å². The van der Waals surface area contributed by atoms with E-state index in [1.54, 1.807) is 0 Å². The SMILES string of the molecule is CNC(C)Cc1noc(C(Sc2cc(F)ccc2F)c2ccccc2)n1. The van der Waals surface area contributed by atoms with Gasteiger partial charge in [0.1, 0.15) is 16.9 Å². The summed E-state index contributed by atoms with van der Waals surface area (Å²) in [6.45, 7) is 2.02. The third-order valence-corrected chi connectivity index (χ3v) is 5.21. The quantitative estimate of drug-likeness (QED) is 0.621. The molecule has 1 heterocycles. The first-order valence-electron chi connectivity index (χ1n) is 8.23. The molecule has 0 saturated carbocycles. The average molecular weight is 375 g/mol. The van der Waals surface area contributed by atoms with Crippen LogP contribution in [0.25, 0.3) is 0 Å². The van der Waals surface area contributed by atoms with E-state index in [0.29, 0.717) is 18.1 Å². The van der Waals surface area contributed by atoms with E-state index in [4.69, 9.17) is 4.52 Å². The minimum atomic E-state index is -0.491. The van der Waals surface area contributed by atoms with Crippen molar-refractivity contribution in [3.63, 3.8) is 0 Å². The molecule has 0 aliphatic rings. The van der Waals surface area contributed by atoms with Crippen LogP contribution in [0.15, 0.2) is 57.9 Å². The number of benzene rings is 2. The normalized spacial score (nSPS) is 13.5. The zero-order valence-corrected chi connectivity index (χ0v) is 15.3. The highest BCUT2D eigenvalue weighted by molar-refractivity contribution is 7.99. The molecule has 0 fully saturated rings. The summed E-state index contributed by atoms with van der Waals surface area (Å²) in [7, 11) is 1.86. The van der Waals surface area contributed by atoms with Crippen LogP contribution in [0.1, 0.15) is 29.5 Å². The van der Waals surface area contributed by atoms with Gasteiger partial charge in [0.25, 0.3) is 0 Å². The van der Waals surface area contributed by atoms with Crippen molar-refractivity contribution in [2.45, 2.75) is 29.5 Å². The topological polar surface area (TPSA) is 51.0 Å². The van der Waals surface area contributed by atoms with Crippen LogP contribution in [0, 0.1) is 11.6 Å². The predicted molar refractivity (Wildman–Crippen MR) is 97.0 cm³/mol. The van der Waals surface area contributed by atoms with Gasteiger partial charge in [-0.25, -0.2) is 8.78 Å². The lowest BCUT2D eigenvalue weighted by molar-refractivity contribution is 0.375. The summed E-state index contributed by atoms with van der Waals surface area (Å²) in [5.74, 6) is -0.0399. The second-order valence-corrected chi connectivity index (χ2v) is 7.07. The Morgan fingerprint density at radius 1 is 1.15 bits per heavy atom. The largest absolute Gasteiger partial charge is 0.338 e. The third kappa shape index (κ3) is 4.47. The Bertz CT molecular complexity index is 857. The molecule has 0 aliphatic carbocycles. The molecule has 0 bridgehead atoms. The summed E-state index contributed by atoms with van der Waals surface area (Å²) < 4.78 is 33.1. The summed E-state index contributed by atoms with van der Waals surface area (Å²) in [6.07, 6.45) is 0.612. The lowest BCUT2D eigenvalue weighted by Crippen LogP contribution is -2.24. The van der Waals surface area contributed by atoms with E-state index in [2.05, 4.69) is 15.5 Å². The Hall–Kier alpha value is -2.25. The van der Waals surface area contributed by atoms with Crippen molar-refractivity contribution < 1.29 is 13.3 Å². The Kier molecular flexibility index (Phi) is 6.00. The average Bonchev–Trinajstić information content (AvgIpc) is 3.11. The monoisotopic (exact) mass is 375 g/mol. The van der Waals surface area contributed by atoms with Crippen LogP contribution in [-0.2, 0) is 6.42 Å². The van der Waals surface area contributed by atoms with E-state index in [0.717, 1.165) is 29.5 Å². The zero-order chi connectivity index (χ0) is 18.5. The number of halogens is 2. The highest BCUT2D eigenvalue weighted by Crippen LogP contribution is 2.40. The molecule has 3 aromatic rings. The summed E-state index contributed by atoms with van der Waals surface area (Å²) in [5.41, 5.74) is 0.873. The maximum atomic E-state index is 14.1. The molecule has 0 aliphatic heterocycles. The summed E-state index contributed by atoms with van der Waals surface area (Å²) in [5, 5.41) is 6.71. The summed E-state index contributed by atoms with van der Waals surface area (Å²) >= 11 is 1.15. The predicted octanol–water partition coefficient (Wildman–Crippen LogP) is 4.38. The lowest BCUT2D eigenvalue weighted by Gasteiger charge is -2.13. The fraction of sp³-hybridized carbons (Fsp3) is 0.263. The van der Waals surface area contributed by atoms with E-state index in [1.165, 1.54) is 6.07 Å². The molecule has 7 heteroatoms. The van der Waals surface area contributed by atoms with Crippen molar-refractivity contribution >= 4 is 11.8 Å². The second-order valence-electron chi connectivity index (χ2n) is 5.93. The van der Waals surface area contributed by atoms with Crippen molar-refractivity contribution in [1.82, 2.24) is 15.5 Å². The number of thioether (sulfide) groups is 1. The first-order valence-corrected chi connectivity index (χ1v) is 9.11. The molecule has 3 rings (SSSR count). The van der Waals surface area contributed by atoms with Gasteiger partial charge in [-0.05, 0) is 37.7 Å². The molecule has 2 atom stereocenters. The molecule has 0 amide bonds. The highest BCUT2D eigenvalue weighted by Gasteiger charge is 2.24. The van der Waals surface area contributed by atoms with Crippen molar-refractivity contribution in [3.8, 4) is 0 Å². The molecule has 26 heavy (non-hydrogen) atoms. The van der Waals surface area contributed by atoms with Gasteiger partial charge in [0.2, 0.25) is 5.89 Å². The maximum Gasteiger partial charge on any atom is 0.244 e. The molecule has 4 nitrogen and oxygen atoms in total. The van der Waals surface area contributed by atoms with Gasteiger partial charge in [-0.15, -0.1) is 11.8 Å². The molecular weight excluding hydrogens is 356 g/mol. The van der Waals surface area contributed by atoms with E-state index in [1.807, 2.05) is 44.3 Å². The number of nitrogens with one attached hydrogen (secondary N) is 1. The molecule has 2 unspecified atom stereocenters. The van der Waals surface area contributed by atoms with Gasteiger partial charge in [-0.3, -0.25) is 0 Å². The van der Waals surface area contributed by atoms with Gasteiger partial charge >= 0.3 is 0 Å². The number of likely N-dealkylation sites (N-methyl/N-ethyl adjacent to an activating group) is 1. The number of aromatic nitrogens is 2. The molecule has 2 aromatic carbocycles. The van der Waals surface area contributed by atoms with Crippen LogP contribution >= 0.6 is 11.8 Å². The maximum absolute atomic E-state index is 14.1. The smallest absolute Gasteiger partial charge is 0.244 e. The highest BCUT2D eigenvalue weighted by atomic mass is 32.2. The first-order chi connectivity index (χ1) is 12.6. The zero-order valence-electron chi connectivity index (χ0n) is 14.4. The molecule has 136 valence electrons. The van der Waals surface area contributed by atoms with Crippen molar-refractivity contribution in [1.29, 1.82) is 0 Å². The van der Waals surface area contributed by atoms with Crippen molar-refractivity contribution in [3.05, 3.63) is 77.4 Å². The van der Waals surface area contributed by atoms with Crippen LogP contribution in [0.3, 0.4) is 0 Å². The van der Waals surface area contributed by atoms with Gasteiger partial charge in [0, 0.05) is 17.4 Å². The number of nitrogens with zero attached hydrogens (tertiary/aromatic N) is 2. The van der Waals surface area contributed by atoms with Gasteiger partial charge in [0.15, 0.2) is 5.82 Å². The minimum Gasteiger partial charge on any atom is -0.338 e. The minimum absolute atomic E-state index is 0.196.